The number of aryl methyl sites for hydroxylation is 1. The molecule has 0 unspecified atom stereocenters. The molecule has 0 saturated carbocycles. The maximum absolute atomic E-state index is 5.41. The normalized spacial score (nSPS) is 19.9. The van der Waals surface area contributed by atoms with E-state index in [9.17, 15) is 0 Å². The van der Waals surface area contributed by atoms with Gasteiger partial charge in [0.25, 0.3) is 0 Å². The molecule has 0 aromatic carbocycles. The average Bonchev–Trinajstić information content (AvgIpc) is 3.02. The molecule has 3 heterocycles. The van der Waals surface area contributed by atoms with Gasteiger partial charge in [0.15, 0.2) is 0 Å². The van der Waals surface area contributed by atoms with Crippen molar-refractivity contribution in [3.8, 4) is 0 Å². The van der Waals surface area contributed by atoms with Crippen LogP contribution in [0, 0.1) is 6.92 Å². The number of nitrogens with zero attached hydrogens (tertiary/aromatic N) is 2. The fourth-order valence-corrected chi connectivity index (χ4v) is 1.83. The largest absolute Gasteiger partial charge is 0.395 e. The number of aromatic nitrogens is 1. The highest BCUT2D eigenvalue weighted by atomic mass is 16.7. The first-order chi connectivity index (χ1) is 8.34. The molecule has 0 spiro atoms. The molecule has 2 aliphatic heterocycles. The van der Waals surface area contributed by atoms with Gasteiger partial charge in [0, 0.05) is 0 Å². The van der Waals surface area contributed by atoms with Crippen LogP contribution < -0.4 is 10.6 Å². The Morgan fingerprint density at radius 2 is 2.18 bits per heavy atom. The fourth-order valence-electron chi connectivity index (χ4n) is 1.83. The minimum Gasteiger partial charge on any atom is -0.395 e. The molecule has 1 aromatic heterocycles. The standard InChI is InChI=1S/C11H13N3O3/c1-8-10(14-4-5-17-13-14)3-2-9(12-8)11-15-6-7-16-11/h2-5,11,13H,6-7H2,1H3. The number of rotatable bonds is 2. The van der Waals surface area contributed by atoms with Crippen molar-refractivity contribution in [3.63, 3.8) is 0 Å². The third kappa shape index (κ3) is 1.97. The van der Waals surface area contributed by atoms with Crippen molar-refractivity contribution in [1.82, 2.24) is 10.6 Å². The van der Waals surface area contributed by atoms with E-state index in [-0.39, 0.29) is 6.29 Å². The zero-order valence-electron chi connectivity index (χ0n) is 9.42. The third-order valence-electron chi connectivity index (χ3n) is 2.63. The summed E-state index contributed by atoms with van der Waals surface area (Å²) in [5.41, 5.74) is 5.33. The van der Waals surface area contributed by atoms with Crippen molar-refractivity contribution in [3.05, 3.63) is 36.0 Å². The number of hydrogen-bond acceptors (Lipinski definition) is 6. The van der Waals surface area contributed by atoms with Gasteiger partial charge < -0.3 is 14.3 Å². The molecule has 0 aliphatic carbocycles. The Morgan fingerprint density at radius 1 is 1.35 bits per heavy atom. The van der Waals surface area contributed by atoms with Crippen LogP contribution in [-0.4, -0.2) is 18.2 Å². The van der Waals surface area contributed by atoms with E-state index in [1.54, 1.807) is 17.5 Å². The molecular formula is C11H13N3O3. The minimum atomic E-state index is -0.332. The predicted octanol–water partition coefficient (Wildman–Crippen LogP) is 1.16. The molecule has 6 heteroatoms. The van der Waals surface area contributed by atoms with Gasteiger partial charge in [-0.1, -0.05) is 5.59 Å². The number of hydrogen-bond donors (Lipinski definition) is 1. The maximum Gasteiger partial charge on any atom is 0.201 e. The number of nitrogens with one attached hydrogen (secondary N) is 1. The molecule has 0 atom stereocenters. The average molecular weight is 235 g/mol. The first-order valence-corrected chi connectivity index (χ1v) is 5.42. The van der Waals surface area contributed by atoms with Crippen LogP contribution in [0.1, 0.15) is 17.7 Å². The summed E-state index contributed by atoms with van der Waals surface area (Å²) in [5.74, 6) is 0. The molecular weight excluding hydrogens is 222 g/mol. The van der Waals surface area contributed by atoms with Crippen molar-refractivity contribution in [1.29, 1.82) is 0 Å². The van der Waals surface area contributed by atoms with E-state index in [1.165, 1.54) is 0 Å². The summed E-state index contributed by atoms with van der Waals surface area (Å²) in [4.78, 5) is 9.39. The van der Waals surface area contributed by atoms with Crippen LogP contribution in [0.5, 0.6) is 0 Å². The van der Waals surface area contributed by atoms with Crippen LogP contribution in [0.4, 0.5) is 5.69 Å². The second-order valence-electron chi connectivity index (χ2n) is 3.78. The topological polar surface area (TPSA) is 55.9 Å². The summed E-state index contributed by atoms with van der Waals surface area (Å²) >= 11 is 0. The van der Waals surface area contributed by atoms with Gasteiger partial charge in [-0.15, -0.1) is 0 Å². The van der Waals surface area contributed by atoms with Gasteiger partial charge in [-0.3, -0.25) is 4.98 Å². The lowest BCUT2D eigenvalue weighted by Crippen LogP contribution is -2.28. The van der Waals surface area contributed by atoms with Crippen molar-refractivity contribution < 1.29 is 14.3 Å². The predicted molar refractivity (Wildman–Crippen MR) is 59.5 cm³/mol. The van der Waals surface area contributed by atoms with Crippen LogP contribution in [0.2, 0.25) is 0 Å². The second kappa shape index (κ2) is 4.33. The van der Waals surface area contributed by atoms with Gasteiger partial charge in [0.05, 0.1) is 36.5 Å². The van der Waals surface area contributed by atoms with Gasteiger partial charge >= 0.3 is 0 Å². The van der Waals surface area contributed by atoms with Gasteiger partial charge in [0.1, 0.15) is 6.26 Å². The smallest absolute Gasteiger partial charge is 0.201 e. The summed E-state index contributed by atoms with van der Waals surface area (Å²) in [6.45, 7) is 3.18. The van der Waals surface area contributed by atoms with E-state index in [0.29, 0.717) is 13.2 Å². The number of anilines is 1. The summed E-state index contributed by atoms with van der Waals surface area (Å²) in [5, 5.41) is 1.75. The Labute approximate surface area is 98.7 Å². The van der Waals surface area contributed by atoms with Gasteiger partial charge in [-0.05, 0) is 19.1 Å². The quantitative estimate of drug-likeness (QED) is 0.830. The molecule has 2 aliphatic rings. The van der Waals surface area contributed by atoms with Crippen LogP contribution in [0.3, 0.4) is 0 Å². The Kier molecular flexibility index (Phi) is 2.68. The van der Waals surface area contributed by atoms with E-state index >= 15 is 0 Å². The summed E-state index contributed by atoms with van der Waals surface area (Å²) in [7, 11) is 0. The summed E-state index contributed by atoms with van der Waals surface area (Å²) in [6, 6.07) is 3.85. The molecule has 1 fully saturated rings. The van der Waals surface area contributed by atoms with Crippen molar-refractivity contribution in [2.75, 3.05) is 18.2 Å². The van der Waals surface area contributed by atoms with Gasteiger partial charge in [-0.25, -0.2) is 5.01 Å². The monoisotopic (exact) mass is 235 g/mol. The Morgan fingerprint density at radius 3 is 2.82 bits per heavy atom. The summed E-state index contributed by atoms with van der Waals surface area (Å²) in [6.07, 6.45) is 3.02. The molecule has 90 valence electrons. The number of ether oxygens (including phenoxy) is 2. The molecule has 0 radical (unpaired) electrons. The van der Waals surface area contributed by atoms with E-state index in [4.69, 9.17) is 14.3 Å². The molecule has 0 amide bonds. The van der Waals surface area contributed by atoms with Crippen molar-refractivity contribution >= 4 is 5.69 Å². The van der Waals surface area contributed by atoms with Crippen LogP contribution in [-0.2, 0) is 14.3 Å². The third-order valence-corrected chi connectivity index (χ3v) is 2.63. The Balaban J connectivity index is 1.85. The van der Waals surface area contributed by atoms with Crippen LogP contribution in [0.15, 0.2) is 24.6 Å². The zero-order valence-corrected chi connectivity index (χ0v) is 9.42. The zero-order chi connectivity index (χ0) is 11.7. The fraction of sp³-hybridized carbons (Fsp3) is 0.364. The van der Waals surface area contributed by atoms with Crippen molar-refractivity contribution in [2.45, 2.75) is 13.2 Å². The SMILES string of the molecule is Cc1nc(C2OCCO2)ccc1N1C=CON1. The summed E-state index contributed by atoms with van der Waals surface area (Å²) < 4.78 is 10.8. The first kappa shape index (κ1) is 10.5. The Hall–Kier alpha value is -1.63. The second-order valence-corrected chi connectivity index (χ2v) is 3.78. The highest BCUT2D eigenvalue weighted by Crippen LogP contribution is 2.25. The minimum absolute atomic E-state index is 0.332. The molecule has 17 heavy (non-hydrogen) atoms. The Bertz CT molecular complexity index is 444. The maximum atomic E-state index is 5.41. The lowest BCUT2D eigenvalue weighted by Gasteiger charge is -2.17. The molecule has 0 bridgehead atoms. The van der Waals surface area contributed by atoms with Crippen molar-refractivity contribution in [2.24, 2.45) is 0 Å². The van der Waals surface area contributed by atoms with Crippen LogP contribution in [0.25, 0.3) is 0 Å². The molecule has 1 aromatic rings. The molecule has 6 nitrogen and oxygen atoms in total. The van der Waals surface area contributed by atoms with Crippen LogP contribution >= 0.6 is 0 Å². The van der Waals surface area contributed by atoms with E-state index in [0.717, 1.165) is 17.1 Å². The van der Waals surface area contributed by atoms with Gasteiger partial charge in [-0.2, -0.15) is 0 Å². The number of pyridine rings is 1. The molecule has 1 N–H and O–H groups in total. The van der Waals surface area contributed by atoms with E-state index in [1.807, 2.05) is 19.1 Å². The van der Waals surface area contributed by atoms with Gasteiger partial charge in [0.2, 0.25) is 6.29 Å². The number of hydrazine groups is 1. The molecule has 3 rings (SSSR count). The van der Waals surface area contributed by atoms with E-state index < -0.39 is 0 Å². The lowest BCUT2D eigenvalue weighted by atomic mass is 10.2. The lowest BCUT2D eigenvalue weighted by molar-refractivity contribution is -0.0473. The molecule has 1 saturated heterocycles. The highest BCUT2D eigenvalue weighted by Gasteiger charge is 2.21. The van der Waals surface area contributed by atoms with E-state index in [2.05, 4.69) is 10.6 Å². The first-order valence-electron chi connectivity index (χ1n) is 5.42. The highest BCUT2D eigenvalue weighted by molar-refractivity contribution is 5.52.